The number of carboxylic acids is 1. The fourth-order valence-corrected chi connectivity index (χ4v) is 2.18. The van der Waals surface area contributed by atoms with Crippen molar-refractivity contribution in [3.63, 3.8) is 0 Å². The van der Waals surface area contributed by atoms with Crippen molar-refractivity contribution in [1.29, 1.82) is 0 Å². The van der Waals surface area contributed by atoms with Gasteiger partial charge in [0.25, 0.3) is 0 Å². The Hall–Kier alpha value is -2.04. The Balaban J connectivity index is 2.96. The first kappa shape index (κ1) is 17.0. The largest absolute Gasteiger partial charge is 0.481 e. The summed E-state index contributed by atoms with van der Waals surface area (Å²) in [6, 6.07) is 7.20. The molecule has 5 nitrogen and oxygen atoms in total. The summed E-state index contributed by atoms with van der Waals surface area (Å²) in [4.78, 5) is 25.3. The first-order valence-electron chi connectivity index (χ1n) is 7.08. The van der Waals surface area contributed by atoms with Crippen molar-refractivity contribution in [2.24, 2.45) is 5.92 Å². The first-order valence-corrected chi connectivity index (χ1v) is 7.08. The van der Waals surface area contributed by atoms with Gasteiger partial charge in [-0.25, -0.2) is 0 Å². The standard InChI is InChI=1S/C16H24N2O3/c1-5-18(10-11(2)14(19)20)15(21)16(3,4)12-6-8-13(17)9-7-12/h6-9,11H,5,10,17H2,1-4H3,(H,19,20). The van der Waals surface area contributed by atoms with E-state index in [1.54, 1.807) is 24.0 Å². The molecule has 5 heteroatoms. The summed E-state index contributed by atoms with van der Waals surface area (Å²) in [6.45, 7) is 7.84. The van der Waals surface area contributed by atoms with E-state index < -0.39 is 17.3 Å². The number of hydrogen-bond acceptors (Lipinski definition) is 3. The van der Waals surface area contributed by atoms with E-state index in [4.69, 9.17) is 10.8 Å². The van der Waals surface area contributed by atoms with Gasteiger partial charge in [-0.1, -0.05) is 19.1 Å². The number of hydrogen-bond donors (Lipinski definition) is 2. The van der Waals surface area contributed by atoms with Gasteiger partial charge in [-0.2, -0.15) is 0 Å². The van der Waals surface area contributed by atoms with E-state index in [0.717, 1.165) is 5.56 Å². The topological polar surface area (TPSA) is 83.6 Å². The van der Waals surface area contributed by atoms with E-state index >= 15 is 0 Å². The number of nitrogen functional groups attached to an aromatic ring is 1. The Labute approximate surface area is 125 Å². The molecule has 0 aromatic heterocycles. The molecule has 1 aromatic carbocycles. The van der Waals surface area contributed by atoms with Crippen LogP contribution in [0.4, 0.5) is 5.69 Å². The van der Waals surface area contributed by atoms with Gasteiger partial charge in [-0.3, -0.25) is 9.59 Å². The molecule has 0 radical (unpaired) electrons. The molecule has 0 saturated heterocycles. The van der Waals surface area contributed by atoms with E-state index in [1.807, 2.05) is 32.9 Å². The number of amides is 1. The average molecular weight is 292 g/mol. The Morgan fingerprint density at radius 1 is 1.29 bits per heavy atom. The van der Waals surface area contributed by atoms with Gasteiger partial charge < -0.3 is 15.7 Å². The summed E-state index contributed by atoms with van der Waals surface area (Å²) >= 11 is 0. The predicted molar refractivity (Wildman–Crippen MR) is 82.9 cm³/mol. The van der Waals surface area contributed by atoms with Gasteiger partial charge in [0, 0.05) is 18.8 Å². The number of anilines is 1. The number of aliphatic carboxylic acids is 1. The monoisotopic (exact) mass is 292 g/mol. The predicted octanol–water partition coefficient (Wildman–Crippen LogP) is 2.12. The van der Waals surface area contributed by atoms with Crippen LogP contribution in [-0.4, -0.2) is 35.0 Å². The number of carboxylic acid groups (broad SMARTS) is 1. The van der Waals surface area contributed by atoms with Crippen LogP contribution in [0.3, 0.4) is 0 Å². The fourth-order valence-electron chi connectivity index (χ4n) is 2.18. The van der Waals surface area contributed by atoms with E-state index in [9.17, 15) is 9.59 Å². The van der Waals surface area contributed by atoms with Crippen LogP contribution in [-0.2, 0) is 15.0 Å². The van der Waals surface area contributed by atoms with Crippen LogP contribution >= 0.6 is 0 Å². The number of carbonyl (C=O) groups is 2. The first-order chi connectivity index (χ1) is 9.70. The number of nitrogens with zero attached hydrogens (tertiary/aromatic N) is 1. The molecular weight excluding hydrogens is 268 g/mol. The molecule has 116 valence electrons. The molecular formula is C16H24N2O3. The van der Waals surface area contributed by atoms with E-state index in [-0.39, 0.29) is 12.5 Å². The van der Waals surface area contributed by atoms with Gasteiger partial charge in [0.2, 0.25) is 5.91 Å². The number of rotatable bonds is 6. The summed E-state index contributed by atoms with van der Waals surface area (Å²) in [7, 11) is 0. The molecule has 0 aliphatic heterocycles. The van der Waals surface area contributed by atoms with E-state index in [1.165, 1.54) is 0 Å². The Bertz CT molecular complexity index is 509. The lowest BCUT2D eigenvalue weighted by molar-refractivity contribution is -0.144. The van der Waals surface area contributed by atoms with Gasteiger partial charge in [0.15, 0.2) is 0 Å². The third-order valence-corrected chi connectivity index (χ3v) is 3.75. The number of benzene rings is 1. The Morgan fingerprint density at radius 3 is 2.24 bits per heavy atom. The van der Waals surface area contributed by atoms with Crippen LogP contribution < -0.4 is 5.73 Å². The number of nitrogens with two attached hydrogens (primary N) is 1. The minimum atomic E-state index is -0.897. The van der Waals surface area contributed by atoms with Crippen LogP contribution in [0, 0.1) is 5.92 Å². The van der Waals surface area contributed by atoms with Gasteiger partial charge in [0.05, 0.1) is 11.3 Å². The lowest BCUT2D eigenvalue weighted by atomic mass is 9.83. The van der Waals surface area contributed by atoms with Crippen LogP contribution in [0.1, 0.15) is 33.3 Å². The van der Waals surface area contributed by atoms with Crippen molar-refractivity contribution in [2.45, 2.75) is 33.1 Å². The normalized spacial score (nSPS) is 12.8. The summed E-state index contributed by atoms with van der Waals surface area (Å²) in [5.74, 6) is -1.56. The Morgan fingerprint density at radius 2 is 1.81 bits per heavy atom. The lowest BCUT2D eigenvalue weighted by Gasteiger charge is -2.32. The molecule has 0 bridgehead atoms. The molecule has 1 atom stereocenters. The van der Waals surface area contributed by atoms with Crippen molar-refractivity contribution in [1.82, 2.24) is 4.90 Å². The van der Waals surface area contributed by atoms with Gasteiger partial charge >= 0.3 is 5.97 Å². The van der Waals surface area contributed by atoms with Crippen molar-refractivity contribution >= 4 is 17.6 Å². The molecule has 0 heterocycles. The smallest absolute Gasteiger partial charge is 0.308 e. The summed E-state index contributed by atoms with van der Waals surface area (Å²) in [5, 5.41) is 9.01. The van der Waals surface area contributed by atoms with Crippen LogP contribution in [0.25, 0.3) is 0 Å². The van der Waals surface area contributed by atoms with Crippen LogP contribution in [0.2, 0.25) is 0 Å². The molecule has 0 fully saturated rings. The SMILES string of the molecule is CCN(CC(C)C(=O)O)C(=O)C(C)(C)c1ccc(N)cc1. The Kier molecular flexibility index (Phi) is 5.35. The molecule has 1 rings (SSSR count). The minimum Gasteiger partial charge on any atom is -0.481 e. The maximum Gasteiger partial charge on any atom is 0.308 e. The molecule has 1 aromatic rings. The van der Waals surface area contributed by atoms with Gasteiger partial charge in [-0.15, -0.1) is 0 Å². The maximum atomic E-state index is 12.7. The number of likely N-dealkylation sites (N-methyl/N-ethyl adjacent to an activating group) is 1. The second kappa shape index (κ2) is 6.61. The maximum absolute atomic E-state index is 12.7. The molecule has 0 saturated carbocycles. The van der Waals surface area contributed by atoms with Crippen molar-refractivity contribution in [3.05, 3.63) is 29.8 Å². The third-order valence-electron chi connectivity index (χ3n) is 3.75. The molecule has 1 amide bonds. The van der Waals surface area contributed by atoms with Crippen molar-refractivity contribution in [2.75, 3.05) is 18.8 Å². The molecule has 0 spiro atoms. The second-order valence-electron chi connectivity index (χ2n) is 5.83. The van der Waals surface area contributed by atoms with Crippen LogP contribution in [0.15, 0.2) is 24.3 Å². The summed E-state index contributed by atoms with van der Waals surface area (Å²) in [5.41, 5.74) is 6.46. The second-order valence-corrected chi connectivity index (χ2v) is 5.83. The molecule has 21 heavy (non-hydrogen) atoms. The highest BCUT2D eigenvalue weighted by molar-refractivity contribution is 5.88. The van der Waals surface area contributed by atoms with E-state index in [2.05, 4.69) is 0 Å². The zero-order valence-corrected chi connectivity index (χ0v) is 13.1. The van der Waals surface area contributed by atoms with Crippen LogP contribution in [0.5, 0.6) is 0 Å². The molecule has 0 aliphatic rings. The highest BCUT2D eigenvalue weighted by Crippen LogP contribution is 2.27. The zero-order chi connectivity index (χ0) is 16.2. The minimum absolute atomic E-state index is 0.0807. The average Bonchev–Trinajstić information content (AvgIpc) is 2.44. The zero-order valence-electron chi connectivity index (χ0n) is 13.1. The fraction of sp³-hybridized carbons (Fsp3) is 0.500. The summed E-state index contributed by atoms with van der Waals surface area (Å²) < 4.78 is 0. The van der Waals surface area contributed by atoms with Crippen molar-refractivity contribution in [3.8, 4) is 0 Å². The number of carbonyl (C=O) groups excluding carboxylic acids is 1. The van der Waals surface area contributed by atoms with E-state index in [0.29, 0.717) is 12.2 Å². The third kappa shape index (κ3) is 3.97. The highest BCUT2D eigenvalue weighted by Gasteiger charge is 2.34. The van der Waals surface area contributed by atoms with Gasteiger partial charge in [-0.05, 0) is 38.5 Å². The highest BCUT2D eigenvalue weighted by atomic mass is 16.4. The lowest BCUT2D eigenvalue weighted by Crippen LogP contribution is -2.46. The van der Waals surface area contributed by atoms with Crippen molar-refractivity contribution < 1.29 is 14.7 Å². The molecule has 0 aliphatic carbocycles. The quantitative estimate of drug-likeness (QED) is 0.787. The summed E-state index contributed by atoms with van der Waals surface area (Å²) in [6.07, 6.45) is 0. The molecule has 3 N–H and O–H groups in total. The van der Waals surface area contributed by atoms with Gasteiger partial charge in [0.1, 0.15) is 0 Å². The molecule has 1 unspecified atom stereocenters.